The van der Waals surface area contributed by atoms with Crippen LogP contribution in [0.25, 0.3) is 0 Å². The molecule has 1 saturated carbocycles. The van der Waals surface area contributed by atoms with Crippen LogP contribution < -0.4 is 0 Å². The van der Waals surface area contributed by atoms with Crippen molar-refractivity contribution in [1.29, 1.82) is 0 Å². The van der Waals surface area contributed by atoms with E-state index in [2.05, 4.69) is 4.90 Å². The standard InChI is InChI=1S/C13H24N2O2/c1-13(2,3)17-12(16)15-9-7-14(8-10-15)11-5-4-6-11/h11H,4-10H2,1-3H3. The highest BCUT2D eigenvalue weighted by atomic mass is 16.6. The Kier molecular flexibility index (Phi) is 3.61. The molecule has 17 heavy (non-hydrogen) atoms. The number of rotatable bonds is 1. The van der Waals surface area contributed by atoms with E-state index in [1.54, 1.807) is 0 Å². The zero-order valence-corrected chi connectivity index (χ0v) is 11.2. The van der Waals surface area contributed by atoms with E-state index in [0.29, 0.717) is 0 Å². The Labute approximate surface area is 104 Å². The van der Waals surface area contributed by atoms with Crippen molar-refractivity contribution in [3.63, 3.8) is 0 Å². The van der Waals surface area contributed by atoms with Gasteiger partial charge in [0.05, 0.1) is 0 Å². The monoisotopic (exact) mass is 240 g/mol. The van der Waals surface area contributed by atoms with Crippen LogP contribution in [-0.2, 0) is 4.74 Å². The minimum absolute atomic E-state index is 0.161. The van der Waals surface area contributed by atoms with Gasteiger partial charge in [-0.1, -0.05) is 6.42 Å². The summed E-state index contributed by atoms with van der Waals surface area (Å²) in [5.74, 6) is 0. The van der Waals surface area contributed by atoms with Crippen molar-refractivity contribution in [2.75, 3.05) is 26.2 Å². The maximum atomic E-state index is 11.9. The maximum Gasteiger partial charge on any atom is 0.410 e. The fraction of sp³-hybridized carbons (Fsp3) is 0.923. The predicted molar refractivity (Wildman–Crippen MR) is 67.0 cm³/mol. The third-order valence-corrected chi connectivity index (χ3v) is 3.56. The first-order valence-corrected chi connectivity index (χ1v) is 6.68. The van der Waals surface area contributed by atoms with Gasteiger partial charge in [0.15, 0.2) is 0 Å². The molecule has 1 saturated heterocycles. The molecule has 2 aliphatic rings. The second kappa shape index (κ2) is 4.84. The molecule has 0 bridgehead atoms. The molecule has 4 nitrogen and oxygen atoms in total. The minimum atomic E-state index is -0.387. The molecule has 2 fully saturated rings. The number of hydrogen-bond acceptors (Lipinski definition) is 3. The summed E-state index contributed by atoms with van der Waals surface area (Å²) in [4.78, 5) is 16.2. The second-order valence-electron chi connectivity index (χ2n) is 6.09. The summed E-state index contributed by atoms with van der Waals surface area (Å²) in [6.45, 7) is 9.37. The van der Waals surface area contributed by atoms with E-state index in [1.807, 2.05) is 25.7 Å². The molecule has 0 radical (unpaired) electrons. The first-order valence-electron chi connectivity index (χ1n) is 6.68. The van der Waals surface area contributed by atoms with Crippen LogP contribution in [0.4, 0.5) is 4.79 Å². The van der Waals surface area contributed by atoms with E-state index in [0.717, 1.165) is 32.2 Å². The second-order valence-corrected chi connectivity index (χ2v) is 6.09. The van der Waals surface area contributed by atoms with E-state index < -0.39 is 0 Å². The summed E-state index contributed by atoms with van der Waals surface area (Å²) in [6, 6.07) is 0.788. The first kappa shape index (κ1) is 12.7. The minimum Gasteiger partial charge on any atom is -0.444 e. The number of hydrogen-bond donors (Lipinski definition) is 0. The zero-order chi connectivity index (χ0) is 12.5. The molecule has 1 heterocycles. The summed E-state index contributed by atoms with van der Waals surface area (Å²) in [5, 5.41) is 0. The van der Waals surface area contributed by atoms with Crippen LogP contribution in [0.1, 0.15) is 40.0 Å². The Bertz CT molecular complexity index is 274. The molecule has 0 spiro atoms. The molecule has 1 amide bonds. The van der Waals surface area contributed by atoms with Gasteiger partial charge in [0.2, 0.25) is 0 Å². The Balaban J connectivity index is 1.76. The lowest BCUT2D eigenvalue weighted by Crippen LogP contribution is -2.54. The smallest absolute Gasteiger partial charge is 0.410 e. The van der Waals surface area contributed by atoms with Gasteiger partial charge in [-0.05, 0) is 33.6 Å². The fourth-order valence-electron chi connectivity index (χ4n) is 2.35. The molecule has 0 aromatic heterocycles. The summed E-state index contributed by atoms with van der Waals surface area (Å²) < 4.78 is 5.38. The molecule has 0 atom stereocenters. The van der Waals surface area contributed by atoms with Crippen LogP contribution in [-0.4, -0.2) is 53.7 Å². The molecular formula is C13H24N2O2. The normalized spacial score (nSPS) is 23.4. The van der Waals surface area contributed by atoms with E-state index in [-0.39, 0.29) is 11.7 Å². The van der Waals surface area contributed by atoms with Crippen molar-refractivity contribution in [2.24, 2.45) is 0 Å². The largest absolute Gasteiger partial charge is 0.444 e. The number of ether oxygens (including phenoxy) is 1. The van der Waals surface area contributed by atoms with Gasteiger partial charge >= 0.3 is 6.09 Å². The van der Waals surface area contributed by atoms with Crippen LogP contribution in [0.5, 0.6) is 0 Å². The van der Waals surface area contributed by atoms with Crippen LogP contribution in [0.3, 0.4) is 0 Å². The zero-order valence-electron chi connectivity index (χ0n) is 11.2. The van der Waals surface area contributed by atoms with Crippen molar-refractivity contribution < 1.29 is 9.53 Å². The fourth-order valence-corrected chi connectivity index (χ4v) is 2.35. The molecular weight excluding hydrogens is 216 g/mol. The van der Waals surface area contributed by atoms with Crippen LogP contribution in [0, 0.1) is 0 Å². The summed E-state index contributed by atoms with van der Waals surface area (Å²) >= 11 is 0. The third kappa shape index (κ3) is 3.35. The van der Waals surface area contributed by atoms with Crippen LogP contribution in [0.2, 0.25) is 0 Å². The molecule has 0 aromatic carbocycles. The van der Waals surface area contributed by atoms with Crippen molar-refractivity contribution in [2.45, 2.75) is 51.7 Å². The Morgan fingerprint density at radius 1 is 1.12 bits per heavy atom. The molecule has 0 N–H and O–H groups in total. The van der Waals surface area contributed by atoms with Gasteiger partial charge in [0.1, 0.15) is 5.60 Å². The number of carbonyl (C=O) groups is 1. The van der Waals surface area contributed by atoms with Gasteiger partial charge in [-0.2, -0.15) is 0 Å². The van der Waals surface area contributed by atoms with Crippen molar-refractivity contribution in [1.82, 2.24) is 9.80 Å². The van der Waals surface area contributed by atoms with Gasteiger partial charge in [-0.25, -0.2) is 4.79 Å². The number of amides is 1. The lowest BCUT2D eigenvalue weighted by atomic mass is 9.91. The van der Waals surface area contributed by atoms with E-state index in [9.17, 15) is 4.79 Å². The predicted octanol–water partition coefficient (Wildman–Crippen LogP) is 2.09. The summed E-state index contributed by atoms with van der Waals surface area (Å²) in [5.41, 5.74) is -0.387. The van der Waals surface area contributed by atoms with Crippen molar-refractivity contribution >= 4 is 6.09 Å². The summed E-state index contributed by atoms with van der Waals surface area (Å²) in [6.07, 6.45) is 3.89. The van der Waals surface area contributed by atoms with Gasteiger partial charge in [0.25, 0.3) is 0 Å². The first-order chi connectivity index (χ1) is 7.96. The summed E-state index contributed by atoms with van der Waals surface area (Å²) in [7, 11) is 0. The average molecular weight is 240 g/mol. The lowest BCUT2D eigenvalue weighted by molar-refractivity contribution is 0.00508. The number of nitrogens with zero attached hydrogens (tertiary/aromatic N) is 2. The Morgan fingerprint density at radius 3 is 2.12 bits per heavy atom. The highest BCUT2D eigenvalue weighted by Gasteiger charge is 2.30. The molecule has 0 aromatic rings. The SMILES string of the molecule is CC(C)(C)OC(=O)N1CCN(C2CCC2)CC1. The van der Waals surface area contributed by atoms with Crippen LogP contribution >= 0.6 is 0 Å². The molecule has 2 rings (SSSR count). The average Bonchev–Trinajstić information content (AvgIpc) is 2.13. The number of piperazine rings is 1. The highest BCUT2D eigenvalue weighted by molar-refractivity contribution is 5.68. The van der Waals surface area contributed by atoms with Gasteiger partial charge in [-0.3, -0.25) is 4.90 Å². The maximum absolute atomic E-state index is 11.9. The van der Waals surface area contributed by atoms with Crippen molar-refractivity contribution in [3.05, 3.63) is 0 Å². The van der Waals surface area contributed by atoms with Crippen LogP contribution in [0.15, 0.2) is 0 Å². The van der Waals surface area contributed by atoms with Gasteiger partial charge in [0, 0.05) is 32.2 Å². The van der Waals surface area contributed by atoms with Gasteiger partial charge in [-0.15, -0.1) is 0 Å². The molecule has 0 unspecified atom stereocenters. The van der Waals surface area contributed by atoms with Crippen molar-refractivity contribution in [3.8, 4) is 0 Å². The third-order valence-electron chi connectivity index (χ3n) is 3.56. The number of carbonyl (C=O) groups excluding carboxylic acids is 1. The lowest BCUT2D eigenvalue weighted by Gasteiger charge is -2.42. The molecule has 98 valence electrons. The Hall–Kier alpha value is -0.770. The Morgan fingerprint density at radius 2 is 1.71 bits per heavy atom. The van der Waals surface area contributed by atoms with E-state index in [4.69, 9.17) is 4.74 Å². The highest BCUT2D eigenvalue weighted by Crippen LogP contribution is 2.25. The van der Waals surface area contributed by atoms with E-state index >= 15 is 0 Å². The quantitative estimate of drug-likeness (QED) is 0.703. The molecule has 1 aliphatic carbocycles. The topological polar surface area (TPSA) is 32.8 Å². The molecule has 4 heteroatoms. The molecule has 1 aliphatic heterocycles. The van der Waals surface area contributed by atoms with E-state index in [1.165, 1.54) is 19.3 Å². The van der Waals surface area contributed by atoms with Gasteiger partial charge < -0.3 is 9.64 Å².